The number of amides is 1. The molecule has 0 bridgehead atoms. The van der Waals surface area contributed by atoms with Gasteiger partial charge in [0.15, 0.2) is 0 Å². The first-order valence-electron chi connectivity index (χ1n) is 7.06. The van der Waals surface area contributed by atoms with E-state index in [4.69, 9.17) is 9.84 Å². The molecule has 5 nitrogen and oxygen atoms in total. The number of aliphatic carboxylic acids is 1. The summed E-state index contributed by atoms with van der Waals surface area (Å²) >= 11 is 0. The predicted molar refractivity (Wildman–Crippen MR) is 81.5 cm³/mol. The first kappa shape index (κ1) is 16.8. The maximum atomic E-state index is 11.4. The molecule has 0 aliphatic carbocycles. The van der Waals surface area contributed by atoms with Crippen LogP contribution in [-0.2, 0) is 9.59 Å². The van der Waals surface area contributed by atoms with E-state index in [9.17, 15) is 9.59 Å². The lowest BCUT2D eigenvalue weighted by Gasteiger charge is -2.07. The van der Waals surface area contributed by atoms with E-state index < -0.39 is 11.9 Å². The molecule has 0 aliphatic rings. The van der Waals surface area contributed by atoms with Crippen LogP contribution >= 0.6 is 0 Å². The molecular formula is C16H21NO4. The Hall–Kier alpha value is -2.30. The second-order valence-corrected chi connectivity index (χ2v) is 4.59. The number of rotatable bonds is 9. The zero-order valence-corrected chi connectivity index (χ0v) is 12.2. The van der Waals surface area contributed by atoms with Crippen LogP contribution in [0.25, 0.3) is 0 Å². The summed E-state index contributed by atoms with van der Waals surface area (Å²) in [6, 6.07) is 6.98. The van der Waals surface area contributed by atoms with Crippen LogP contribution in [0, 0.1) is 0 Å². The van der Waals surface area contributed by atoms with E-state index in [1.165, 1.54) is 19.3 Å². The lowest BCUT2D eigenvalue weighted by atomic mass is 10.2. The second-order valence-electron chi connectivity index (χ2n) is 4.59. The molecule has 1 rings (SSSR count). The Morgan fingerprint density at radius 1 is 1.14 bits per heavy atom. The molecule has 5 heteroatoms. The molecule has 0 heterocycles. The summed E-state index contributed by atoms with van der Waals surface area (Å²) in [5, 5.41) is 11.0. The summed E-state index contributed by atoms with van der Waals surface area (Å²) in [4.78, 5) is 21.7. The van der Waals surface area contributed by atoms with Crippen LogP contribution in [-0.4, -0.2) is 23.6 Å². The first-order chi connectivity index (χ1) is 10.1. The third kappa shape index (κ3) is 7.77. The third-order valence-corrected chi connectivity index (χ3v) is 2.77. The van der Waals surface area contributed by atoms with Gasteiger partial charge in [0.2, 0.25) is 5.91 Å². The second kappa shape index (κ2) is 9.58. The number of carboxylic acid groups (broad SMARTS) is 1. The highest BCUT2D eigenvalue weighted by molar-refractivity contribution is 6.02. The van der Waals surface area contributed by atoms with Gasteiger partial charge in [-0.05, 0) is 30.7 Å². The molecule has 0 radical (unpaired) electrons. The molecule has 1 amide bonds. The van der Waals surface area contributed by atoms with Gasteiger partial charge in [-0.2, -0.15) is 0 Å². The molecule has 21 heavy (non-hydrogen) atoms. The molecule has 0 aliphatic heterocycles. The van der Waals surface area contributed by atoms with E-state index in [0.717, 1.165) is 24.3 Å². The highest BCUT2D eigenvalue weighted by Gasteiger charge is 2.00. The molecule has 1 aromatic rings. The van der Waals surface area contributed by atoms with Gasteiger partial charge in [-0.1, -0.05) is 26.2 Å². The zero-order valence-electron chi connectivity index (χ0n) is 12.2. The Labute approximate surface area is 124 Å². The average Bonchev–Trinajstić information content (AvgIpc) is 2.47. The highest BCUT2D eigenvalue weighted by Crippen LogP contribution is 2.16. The minimum atomic E-state index is -1.16. The Bertz CT molecular complexity index is 480. The van der Waals surface area contributed by atoms with Crippen LogP contribution in [0.4, 0.5) is 5.69 Å². The number of carbonyl (C=O) groups excluding carboxylic acids is 1. The maximum absolute atomic E-state index is 11.4. The number of unbranched alkanes of at least 4 members (excludes halogenated alkanes) is 3. The summed E-state index contributed by atoms with van der Waals surface area (Å²) < 4.78 is 5.59. The summed E-state index contributed by atoms with van der Waals surface area (Å²) in [7, 11) is 0. The van der Waals surface area contributed by atoms with E-state index >= 15 is 0 Å². The van der Waals surface area contributed by atoms with E-state index in [-0.39, 0.29) is 0 Å². The van der Waals surface area contributed by atoms with Crippen LogP contribution in [0.2, 0.25) is 0 Å². The summed E-state index contributed by atoms with van der Waals surface area (Å²) in [6.45, 7) is 2.85. The summed E-state index contributed by atoms with van der Waals surface area (Å²) in [6.07, 6.45) is 6.39. The minimum absolute atomic E-state index is 0.481. The van der Waals surface area contributed by atoms with Crippen molar-refractivity contribution in [2.75, 3.05) is 11.9 Å². The fourth-order valence-electron chi connectivity index (χ4n) is 1.68. The van der Waals surface area contributed by atoms with Gasteiger partial charge in [-0.15, -0.1) is 0 Å². The summed E-state index contributed by atoms with van der Waals surface area (Å²) in [5.74, 6) is -0.881. The van der Waals surface area contributed by atoms with Gasteiger partial charge in [-0.25, -0.2) is 4.79 Å². The van der Waals surface area contributed by atoms with E-state index in [1.807, 2.05) is 0 Å². The zero-order chi connectivity index (χ0) is 15.5. The Kier molecular flexibility index (Phi) is 7.64. The molecule has 0 spiro atoms. The normalized spacial score (nSPS) is 10.5. The molecule has 0 saturated heterocycles. The molecule has 114 valence electrons. The largest absolute Gasteiger partial charge is 0.494 e. The van der Waals surface area contributed by atoms with Crippen molar-refractivity contribution in [2.24, 2.45) is 0 Å². The average molecular weight is 291 g/mol. The van der Waals surface area contributed by atoms with Crippen molar-refractivity contribution in [1.29, 1.82) is 0 Å². The molecule has 2 N–H and O–H groups in total. The van der Waals surface area contributed by atoms with Crippen molar-refractivity contribution in [3.05, 3.63) is 36.4 Å². The third-order valence-electron chi connectivity index (χ3n) is 2.77. The molecule has 0 atom stereocenters. The van der Waals surface area contributed by atoms with E-state index in [0.29, 0.717) is 12.3 Å². The monoisotopic (exact) mass is 291 g/mol. The van der Waals surface area contributed by atoms with Gasteiger partial charge in [0.05, 0.1) is 6.61 Å². The lowest BCUT2D eigenvalue weighted by Crippen LogP contribution is -2.08. The van der Waals surface area contributed by atoms with Crippen molar-refractivity contribution in [3.8, 4) is 5.75 Å². The predicted octanol–water partition coefficient (Wildman–Crippen LogP) is 3.23. The van der Waals surface area contributed by atoms with Crippen molar-refractivity contribution < 1.29 is 19.4 Å². The van der Waals surface area contributed by atoms with Crippen LogP contribution in [0.15, 0.2) is 36.4 Å². The van der Waals surface area contributed by atoms with Crippen molar-refractivity contribution in [2.45, 2.75) is 32.6 Å². The van der Waals surface area contributed by atoms with E-state index in [1.54, 1.807) is 24.3 Å². The van der Waals surface area contributed by atoms with Crippen LogP contribution < -0.4 is 10.1 Å². The smallest absolute Gasteiger partial charge is 0.328 e. The fraction of sp³-hybridized carbons (Fsp3) is 0.375. The minimum Gasteiger partial charge on any atom is -0.494 e. The molecule has 0 unspecified atom stereocenters. The van der Waals surface area contributed by atoms with Gasteiger partial charge < -0.3 is 15.2 Å². The number of carboxylic acids is 1. The quantitative estimate of drug-likeness (QED) is 0.541. The van der Waals surface area contributed by atoms with Crippen LogP contribution in [0.5, 0.6) is 5.75 Å². The fourth-order valence-corrected chi connectivity index (χ4v) is 1.68. The molecule has 0 fully saturated rings. The SMILES string of the molecule is CCCCCCOc1ccc(NC(=O)/C=C/C(=O)O)cc1. The standard InChI is InChI=1S/C16H21NO4/c1-2-3-4-5-12-21-14-8-6-13(7-9-14)17-15(18)10-11-16(19)20/h6-11H,2-5,12H2,1H3,(H,17,18)(H,19,20)/b11-10+. The molecule has 1 aromatic carbocycles. The van der Waals surface area contributed by atoms with Gasteiger partial charge in [0.1, 0.15) is 5.75 Å². The molecule has 0 saturated carbocycles. The Balaban J connectivity index is 2.36. The number of benzene rings is 1. The topological polar surface area (TPSA) is 75.6 Å². The van der Waals surface area contributed by atoms with Gasteiger partial charge in [-0.3, -0.25) is 4.79 Å². The molecule has 0 aromatic heterocycles. The van der Waals surface area contributed by atoms with Gasteiger partial charge in [0, 0.05) is 17.8 Å². The number of nitrogens with one attached hydrogen (secondary N) is 1. The highest BCUT2D eigenvalue weighted by atomic mass is 16.5. The number of ether oxygens (including phenoxy) is 1. The number of carbonyl (C=O) groups is 2. The van der Waals surface area contributed by atoms with Crippen molar-refractivity contribution >= 4 is 17.6 Å². The Morgan fingerprint density at radius 2 is 1.86 bits per heavy atom. The van der Waals surface area contributed by atoms with Crippen LogP contribution in [0.3, 0.4) is 0 Å². The van der Waals surface area contributed by atoms with Crippen LogP contribution in [0.1, 0.15) is 32.6 Å². The Morgan fingerprint density at radius 3 is 2.48 bits per heavy atom. The maximum Gasteiger partial charge on any atom is 0.328 e. The number of anilines is 1. The summed E-state index contributed by atoms with van der Waals surface area (Å²) in [5.41, 5.74) is 0.591. The number of hydrogen-bond acceptors (Lipinski definition) is 3. The van der Waals surface area contributed by atoms with E-state index in [2.05, 4.69) is 12.2 Å². The van der Waals surface area contributed by atoms with Crippen molar-refractivity contribution in [3.63, 3.8) is 0 Å². The number of hydrogen-bond donors (Lipinski definition) is 2. The van der Waals surface area contributed by atoms with Gasteiger partial charge in [0.25, 0.3) is 0 Å². The van der Waals surface area contributed by atoms with Gasteiger partial charge >= 0.3 is 5.97 Å². The van der Waals surface area contributed by atoms with Crippen molar-refractivity contribution in [1.82, 2.24) is 0 Å². The first-order valence-corrected chi connectivity index (χ1v) is 7.06. The molecular weight excluding hydrogens is 270 g/mol. The lowest BCUT2D eigenvalue weighted by molar-refractivity contribution is -0.131.